The highest BCUT2D eigenvalue weighted by Gasteiger charge is 2.37. The third-order valence-corrected chi connectivity index (χ3v) is 4.14. The molecule has 0 unspecified atom stereocenters. The summed E-state index contributed by atoms with van der Waals surface area (Å²) in [5.41, 5.74) is 6.19. The molecular formula is C17H31N3O4. The standard InChI is InChI=1S/C17H31N3O4/c1-5-13(6-2)24-15-9-12(17(22)23-7-3)8-14(19-10-18)16(15)20-11(4)21/h9,13-16,19H,5-8,10,18H2,1-4H3,(H,20,21)/t14-,15+,16+/m0/s1. The van der Waals surface area contributed by atoms with Gasteiger partial charge >= 0.3 is 5.97 Å². The molecule has 24 heavy (non-hydrogen) atoms. The van der Waals surface area contributed by atoms with Crippen LogP contribution in [0.2, 0.25) is 0 Å². The molecule has 4 N–H and O–H groups in total. The van der Waals surface area contributed by atoms with E-state index in [4.69, 9.17) is 15.2 Å². The van der Waals surface area contributed by atoms with Crippen LogP contribution in [0.3, 0.4) is 0 Å². The van der Waals surface area contributed by atoms with Crippen LogP contribution in [0.1, 0.15) is 47.0 Å². The molecule has 0 radical (unpaired) electrons. The van der Waals surface area contributed by atoms with Gasteiger partial charge in [-0.05, 0) is 32.3 Å². The lowest BCUT2D eigenvalue weighted by atomic mass is 9.87. The maximum absolute atomic E-state index is 12.2. The van der Waals surface area contributed by atoms with E-state index in [9.17, 15) is 9.59 Å². The van der Waals surface area contributed by atoms with Crippen LogP contribution >= 0.6 is 0 Å². The van der Waals surface area contributed by atoms with Crippen LogP contribution in [-0.2, 0) is 19.1 Å². The number of carbonyl (C=O) groups is 2. The number of esters is 1. The van der Waals surface area contributed by atoms with Crippen LogP contribution in [0, 0.1) is 0 Å². The minimum atomic E-state index is -0.406. The van der Waals surface area contributed by atoms with Crippen molar-refractivity contribution in [1.82, 2.24) is 10.6 Å². The Morgan fingerprint density at radius 3 is 2.50 bits per heavy atom. The molecule has 0 aliphatic heterocycles. The number of amides is 1. The van der Waals surface area contributed by atoms with Crippen LogP contribution in [-0.4, -0.2) is 49.4 Å². The van der Waals surface area contributed by atoms with Gasteiger partial charge in [0, 0.05) is 25.2 Å². The van der Waals surface area contributed by atoms with Gasteiger partial charge in [0.05, 0.1) is 24.9 Å². The van der Waals surface area contributed by atoms with Crippen molar-refractivity contribution >= 4 is 11.9 Å². The average Bonchev–Trinajstić information content (AvgIpc) is 2.54. The minimum absolute atomic E-state index is 0.0579. The number of nitrogens with two attached hydrogens (primary N) is 1. The Morgan fingerprint density at radius 1 is 1.33 bits per heavy atom. The van der Waals surface area contributed by atoms with Gasteiger partial charge in [-0.3, -0.25) is 10.1 Å². The smallest absolute Gasteiger partial charge is 0.333 e. The van der Waals surface area contributed by atoms with Crippen LogP contribution in [0.25, 0.3) is 0 Å². The van der Waals surface area contributed by atoms with E-state index in [1.165, 1.54) is 6.92 Å². The normalized spacial score (nSPS) is 23.8. The summed E-state index contributed by atoms with van der Waals surface area (Å²) in [5.74, 6) is -0.490. The van der Waals surface area contributed by atoms with Crippen molar-refractivity contribution in [3.05, 3.63) is 11.6 Å². The molecule has 7 nitrogen and oxygen atoms in total. The molecule has 0 bridgehead atoms. The lowest BCUT2D eigenvalue weighted by Crippen LogP contribution is -2.59. The molecule has 1 aliphatic carbocycles. The predicted molar refractivity (Wildman–Crippen MR) is 92.2 cm³/mol. The van der Waals surface area contributed by atoms with Crippen LogP contribution in [0.15, 0.2) is 11.6 Å². The summed E-state index contributed by atoms with van der Waals surface area (Å²) in [7, 11) is 0. The number of carbonyl (C=O) groups excluding carboxylic acids is 2. The second kappa shape index (κ2) is 10.4. The monoisotopic (exact) mass is 341 g/mol. The first kappa shape index (κ1) is 20.6. The molecule has 0 aromatic carbocycles. The van der Waals surface area contributed by atoms with E-state index in [1.54, 1.807) is 13.0 Å². The predicted octanol–water partition coefficient (Wildman–Crippen LogP) is 0.833. The summed E-state index contributed by atoms with van der Waals surface area (Å²) >= 11 is 0. The van der Waals surface area contributed by atoms with Crippen molar-refractivity contribution in [2.24, 2.45) is 5.73 Å². The second-order valence-electron chi connectivity index (χ2n) is 5.90. The first-order chi connectivity index (χ1) is 11.5. The molecule has 0 saturated carbocycles. The lowest BCUT2D eigenvalue weighted by molar-refractivity contribution is -0.139. The zero-order valence-electron chi connectivity index (χ0n) is 15.1. The topological polar surface area (TPSA) is 103 Å². The van der Waals surface area contributed by atoms with E-state index in [-0.39, 0.29) is 36.7 Å². The summed E-state index contributed by atoms with van der Waals surface area (Å²) in [5, 5.41) is 6.07. The fourth-order valence-electron chi connectivity index (χ4n) is 2.93. The SMILES string of the molecule is CCOC(=O)C1=C[C@@H](OC(CC)CC)[C@H](NC(C)=O)[C@@H](NCN)C1. The molecule has 0 fully saturated rings. The molecule has 138 valence electrons. The number of ether oxygens (including phenoxy) is 2. The summed E-state index contributed by atoms with van der Waals surface area (Å²) in [6.45, 7) is 7.91. The van der Waals surface area contributed by atoms with Gasteiger partial charge in [0.15, 0.2) is 0 Å². The van der Waals surface area contributed by atoms with Crippen molar-refractivity contribution in [1.29, 1.82) is 0 Å². The number of hydrogen-bond donors (Lipinski definition) is 3. The zero-order chi connectivity index (χ0) is 18.1. The lowest BCUT2D eigenvalue weighted by Gasteiger charge is -2.38. The zero-order valence-corrected chi connectivity index (χ0v) is 15.1. The van der Waals surface area contributed by atoms with Gasteiger partial charge < -0.3 is 20.5 Å². The van der Waals surface area contributed by atoms with Gasteiger partial charge in [0.1, 0.15) is 0 Å². The average molecular weight is 341 g/mol. The fourth-order valence-corrected chi connectivity index (χ4v) is 2.93. The summed E-state index contributed by atoms with van der Waals surface area (Å²) in [6.07, 6.45) is 3.59. The van der Waals surface area contributed by atoms with Gasteiger partial charge in [-0.1, -0.05) is 13.8 Å². The number of hydrogen-bond acceptors (Lipinski definition) is 6. The van der Waals surface area contributed by atoms with Gasteiger partial charge in [0.25, 0.3) is 0 Å². The number of nitrogens with one attached hydrogen (secondary N) is 2. The van der Waals surface area contributed by atoms with E-state index in [0.717, 1.165) is 12.8 Å². The van der Waals surface area contributed by atoms with Crippen LogP contribution < -0.4 is 16.4 Å². The molecule has 1 aliphatic rings. The Morgan fingerprint density at radius 2 is 2.00 bits per heavy atom. The van der Waals surface area contributed by atoms with Gasteiger partial charge in [0.2, 0.25) is 5.91 Å². The summed E-state index contributed by atoms with van der Waals surface area (Å²) in [4.78, 5) is 23.8. The Labute approximate surface area is 144 Å². The first-order valence-corrected chi connectivity index (χ1v) is 8.70. The highest BCUT2D eigenvalue weighted by atomic mass is 16.5. The van der Waals surface area contributed by atoms with E-state index in [1.807, 2.05) is 0 Å². The molecule has 0 spiro atoms. The van der Waals surface area contributed by atoms with Gasteiger partial charge in [-0.15, -0.1) is 0 Å². The van der Waals surface area contributed by atoms with Crippen molar-refractivity contribution in [2.75, 3.05) is 13.3 Å². The van der Waals surface area contributed by atoms with E-state index in [2.05, 4.69) is 24.5 Å². The molecule has 7 heteroatoms. The third-order valence-electron chi connectivity index (χ3n) is 4.14. The Kier molecular flexibility index (Phi) is 8.95. The first-order valence-electron chi connectivity index (χ1n) is 8.70. The molecule has 0 saturated heterocycles. The molecular weight excluding hydrogens is 310 g/mol. The Bertz CT molecular complexity index is 449. The molecule has 0 aromatic rings. The second-order valence-corrected chi connectivity index (χ2v) is 5.90. The fraction of sp³-hybridized carbons (Fsp3) is 0.765. The van der Waals surface area contributed by atoms with Gasteiger partial charge in [-0.25, -0.2) is 4.79 Å². The molecule has 0 heterocycles. The van der Waals surface area contributed by atoms with Crippen LogP contribution in [0.4, 0.5) is 0 Å². The third kappa shape index (κ3) is 5.89. The highest BCUT2D eigenvalue weighted by molar-refractivity contribution is 5.89. The molecule has 1 rings (SSSR count). The van der Waals surface area contributed by atoms with E-state index < -0.39 is 6.10 Å². The van der Waals surface area contributed by atoms with Crippen LogP contribution in [0.5, 0.6) is 0 Å². The summed E-state index contributed by atoms with van der Waals surface area (Å²) in [6, 6.07) is -0.479. The van der Waals surface area contributed by atoms with Crippen molar-refractivity contribution < 1.29 is 19.1 Å². The Hall–Kier alpha value is -1.44. The maximum Gasteiger partial charge on any atom is 0.333 e. The Balaban J connectivity index is 3.10. The largest absolute Gasteiger partial charge is 0.463 e. The number of rotatable bonds is 9. The molecule has 3 atom stereocenters. The quantitative estimate of drug-likeness (QED) is 0.424. The van der Waals surface area contributed by atoms with E-state index >= 15 is 0 Å². The van der Waals surface area contributed by atoms with Crippen molar-refractivity contribution in [3.8, 4) is 0 Å². The van der Waals surface area contributed by atoms with Crippen molar-refractivity contribution in [3.63, 3.8) is 0 Å². The maximum atomic E-state index is 12.2. The summed E-state index contributed by atoms with van der Waals surface area (Å²) < 4.78 is 11.3. The molecule has 0 aromatic heterocycles. The highest BCUT2D eigenvalue weighted by Crippen LogP contribution is 2.25. The minimum Gasteiger partial charge on any atom is -0.463 e. The van der Waals surface area contributed by atoms with E-state index in [0.29, 0.717) is 18.6 Å². The van der Waals surface area contributed by atoms with Crippen molar-refractivity contribution in [2.45, 2.75) is 71.2 Å². The molecule has 1 amide bonds. The van der Waals surface area contributed by atoms with Gasteiger partial charge in [-0.2, -0.15) is 0 Å².